The van der Waals surface area contributed by atoms with E-state index in [-0.39, 0.29) is 22.7 Å². The summed E-state index contributed by atoms with van der Waals surface area (Å²) in [5.41, 5.74) is 5.96. The Hall–Kier alpha value is -3.15. The molecule has 2 N–H and O–H groups in total. The van der Waals surface area contributed by atoms with Crippen LogP contribution in [-0.4, -0.2) is 16.1 Å². The van der Waals surface area contributed by atoms with Crippen molar-refractivity contribution >= 4 is 17.6 Å². The lowest BCUT2D eigenvalue weighted by molar-refractivity contribution is -0.122. The van der Waals surface area contributed by atoms with E-state index in [0.29, 0.717) is 18.5 Å². The van der Waals surface area contributed by atoms with Crippen LogP contribution in [0.3, 0.4) is 0 Å². The monoisotopic (exact) mass is 458 g/mol. The fourth-order valence-corrected chi connectivity index (χ4v) is 4.93. The highest BCUT2D eigenvalue weighted by Gasteiger charge is 2.37. The third-order valence-corrected chi connectivity index (χ3v) is 7.67. The highest BCUT2D eigenvalue weighted by atomic mass is 16.4. The van der Waals surface area contributed by atoms with Crippen LogP contribution in [0.1, 0.15) is 76.5 Å². The smallest absolute Gasteiger partial charge is 0.316 e. The molecule has 0 spiro atoms. The number of hydrogen-bond donors (Lipinski definition) is 2. The van der Waals surface area contributed by atoms with E-state index < -0.39 is 0 Å². The van der Waals surface area contributed by atoms with Gasteiger partial charge in [-0.1, -0.05) is 57.4 Å². The Labute approximate surface area is 201 Å². The quantitative estimate of drug-likeness (QED) is 0.444. The number of carbonyl (C=O) groups excluding carboxylic acids is 1. The van der Waals surface area contributed by atoms with Gasteiger partial charge < -0.3 is 15.1 Å². The van der Waals surface area contributed by atoms with Crippen LogP contribution in [0.4, 0.5) is 11.7 Å². The lowest BCUT2D eigenvalue weighted by Gasteiger charge is -2.41. The average Bonchev–Trinajstić information content (AvgIpc) is 3.24. The molecule has 34 heavy (non-hydrogen) atoms. The van der Waals surface area contributed by atoms with Crippen molar-refractivity contribution in [1.29, 1.82) is 0 Å². The molecule has 1 fully saturated rings. The molecule has 178 valence electrons. The van der Waals surface area contributed by atoms with E-state index in [1.807, 2.05) is 24.3 Å². The fraction of sp³-hybridized carbons (Fsp3) is 0.464. The van der Waals surface area contributed by atoms with Crippen molar-refractivity contribution in [3.05, 3.63) is 59.2 Å². The highest BCUT2D eigenvalue weighted by molar-refractivity contribution is 5.93. The summed E-state index contributed by atoms with van der Waals surface area (Å²) in [6.07, 6.45) is 5.51. The van der Waals surface area contributed by atoms with Crippen molar-refractivity contribution in [2.45, 2.75) is 77.2 Å². The zero-order valence-corrected chi connectivity index (χ0v) is 20.6. The van der Waals surface area contributed by atoms with Crippen molar-refractivity contribution in [2.75, 3.05) is 10.6 Å². The number of fused-ring (bicyclic) bond motifs is 1. The minimum absolute atomic E-state index is 0.129. The Morgan fingerprint density at radius 3 is 2.35 bits per heavy atom. The Balaban J connectivity index is 1.24. The molecule has 5 rings (SSSR count). The second-order valence-corrected chi connectivity index (χ2v) is 11.1. The molecule has 0 aliphatic heterocycles. The molecule has 1 amide bonds. The zero-order chi connectivity index (χ0) is 23.9. The normalized spacial score (nSPS) is 18.6. The zero-order valence-electron chi connectivity index (χ0n) is 20.6. The predicted octanol–water partition coefficient (Wildman–Crippen LogP) is 6.44. The largest absolute Gasteiger partial charge is 0.403 e. The van der Waals surface area contributed by atoms with Crippen molar-refractivity contribution < 1.29 is 9.21 Å². The first kappa shape index (κ1) is 22.6. The van der Waals surface area contributed by atoms with Gasteiger partial charge in [-0.3, -0.25) is 4.79 Å². The van der Waals surface area contributed by atoms with Crippen LogP contribution < -0.4 is 10.6 Å². The molecule has 1 heterocycles. The van der Waals surface area contributed by atoms with Gasteiger partial charge in [0.05, 0.1) is 0 Å². The first-order valence-electron chi connectivity index (χ1n) is 12.3. The van der Waals surface area contributed by atoms with Crippen molar-refractivity contribution in [2.24, 2.45) is 5.92 Å². The summed E-state index contributed by atoms with van der Waals surface area (Å²) in [5, 5.41) is 14.7. The summed E-state index contributed by atoms with van der Waals surface area (Å²) >= 11 is 0. The van der Waals surface area contributed by atoms with E-state index >= 15 is 0 Å². The van der Waals surface area contributed by atoms with Crippen LogP contribution in [-0.2, 0) is 22.2 Å². The predicted molar refractivity (Wildman–Crippen MR) is 135 cm³/mol. The second kappa shape index (κ2) is 8.57. The molecule has 0 radical (unpaired) electrons. The molecule has 2 aromatic carbocycles. The Morgan fingerprint density at radius 1 is 0.971 bits per heavy atom. The molecule has 2 aliphatic rings. The van der Waals surface area contributed by atoms with E-state index in [1.165, 1.54) is 17.5 Å². The number of amides is 1. The van der Waals surface area contributed by atoms with Crippen LogP contribution >= 0.6 is 0 Å². The van der Waals surface area contributed by atoms with Crippen molar-refractivity contribution in [1.82, 2.24) is 10.2 Å². The number of rotatable bonds is 6. The van der Waals surface area contributed by atoms with Gasteiger partial charge in [0.15, 0.2) is 0 Å². The van der Waals surface area contributed by atoms with E-state index in [4.69, 9.17) is 4.42 Å². The molecule has 2 aliphatic carbocycles. The number of nitrogens with one attached hydrogen (secondary N) is 2. The van der Waals surface area contributed by atoms with Gasteiger partial charge in [0.2, 0.25) is 11.8 Å². The average molecular weight is 459 g/mol. The molecule has 1 aromatic heterocycles. The fourth-order valence-electron chi connectivity index (χ4n) is 4.93. The van der Waals surface area contributed by atoms with Gasteiger partial charge in [-0.05, 0) is 77.5 Å². The minimum Gasteiger partial charge on any atom is -0.403 e. The number of aromatic nitrogens is 2. The number of anilines is 2. The van der Waals surface area contributed by atoms with Crippen LogP contribution in [0, 0.1) is 5.92 Å². The Morgan fingerprint density at radius 2 is 1.68 bits per heavy atom. The summed E-state index contributed by atoms with van der Waals surface area (Å²) in [5.74, 6) is 0.837. The Bertz CT molecular complexity index is 1190. The molecule has 0 atom stereocenters. The summed E-state index contributed by atoms with van der Waals surface area (Å²) < 4.78 is 5.93. The molecule has 0 bridgehead atoms. The maximum Gasteiger partial charge on any atom is 0.316 e. The second-order valence-electron chi connectivity index (χ2n) is 11.1. The van der Waals surface area contributed by atoms with Crippen molar-refractivity contribution in [3.63, 3.8) is 0 Å². The lowest BCUT2D eigenvalue weighted by Crippen LogP contribution is -2.33. The standard InChI is InChI=1S/C28H34N4O2/c1-27(2)14-15-28(3,4)23-16-20(10-13-22(23)27)25-31-32-26(34-25)29-17-18-8-11-21(12-9-18)30-24(33)19-6-5-7-19/h8-13,16,19H,5-7,14-15,17H2,1-4H3,(H,29,32)(H,30,33). The molecule has 6 nitrogen and oxygen atoms in total. The van der Waals surface area contributed by atoms with Gasteiger partial charge >= 0.3 is 6.01 Å². The van der Waals surface area contributed by atoms with Gasteiger partial charge in [0, 0.05) is 23.7 Å². The number of hydrogen-bond acceptors (Lipinski definition) is 5. The van der Waals surface area contributed by atoms with Crippen LogP contribution in [0.2, 0.25) is 0 Å². The van der Waals surface area contributed by atoms with E-state index in [9.17, 15) is 4.79 Å². The SMILES string of the molecule is CC1(C)CCC(C)(C)c2cc(-c3nnc(NCc4ccc(NC(=O)C5CCC5)cc4)o3)ccc21. The van der Waals surface area contributed by atoms with Gasteiger partial charge in [-0.2, -0.15) is 0 Å². The third-order valence-electron chi connectivity index (χ3n) is 7.67. The molecule has 3 aromatic rings. The van der Waals surface area contributed by atoms with Crippen LogP contribution in [0.5, 0.6) is 0 Å². The lowest BCUT2D eigenvalue weighted by atomic mass is 9.63. The van der Waals surface area contributed by atoms with Crippen LogP contribution in [0.15, 0.2) is 46.9 Å². The first-order chi connectivity index (χ1) is 16.2. The number of carbonyl (C=O) groups is 1. The van der Waals surface area contributed by atoms with Crippen LogP contribution in [0.25, 0.3) is 11.5 Å². The summed E-state index contributed by atoms with van der Waals surface area (Å²) in [7, 11) is 0. The Kier molecular flexibility index (Phi) is 5.70. The van der Waals surface area contributed by atoms with Crippen molar-refractivity contribution in [3.8, 4) is 11.5 Å². The summed E-state index contributed by atoms with van der Waals surface area (Å²) in [6.45, 7) is 9.84. The first-order valence-corrected chi connectivity index (χ1v) is 12.3. The minimum atomic E-state index is 0.129. The molecule has 0 unspecified atom stereocenters. The van der Waals surface area contributed by atoms with E-state index in [2.05, 4.69) is 66.7 Å². The molecule has 0 saturated heterocycles. The van der Waals surface area contributed by atoms with Gasteiger partial charge in [0.1, 0.15) is 0 Å². The van der Waals surface area contributed by atoms with Gasteiger partial charge in [-0.15, -0.1) is 5.10 Å². The maximum atomic E-state index is 12.1. The maximum absolute atomic E-state index is 12.1. The molecule has 1 saturated carbocycles. The third kappa shape index (κ3) is 4.46. The number of benzene rings is 2. The topological polar surface area (TPSA) is 80.0 Å². The highest BCUT2D eigenvalue weighted by Crippen LogP contribution is 2.46. The van der Waals surface area contributed by atoms with Gasteiger partial charge in [-0.25, -0.2) is 0 Å². The molecular weight excluding hydrogens is 424 g/mol. The molecular formula is C28H34N4O2. The summed E-state index contributed by atoms with van der Waals surface area (Å²) in [6, 6.07) is 14.8. The number of nitrogens with zero attached hydrogens (tertiary/aromatic N) is 2. The van der Waals surface area contributed by atoms with E-state index in [1.54, 1.807) is 0 Å². The molecule has 6 heteroatoms. The van der Waals surface area contributed by atoms with Gasteiger partial charge in [0.25, 0.3) is 0 Å². The summed E-state index contributed by atoms with van der Waals surface area (Å²) in [4.78, 5) is 12.1. The van der Waals surface area contributed by atoms with E-state index in [0.717, 1.165) is 42.5 Å².